The number of ether oxygens (including phenoxy) is 1. The van der Waals surface area contributed by atoms with Crippen molar-refractivity contribution in [2.45, 2.75) is 13.3 Å². The van der Waals surface area contributed by atoms with Gasteiger partial charge in [0.05, 0.1) is 18.7 Å². The molecule has 0 saturated carbocycles. The number of carbonyl (C=O) groups is 1. The summed E-state index contributed by atoms with van der Waals surface area (Å²) in [4.78, 5) is 11.5. The van der Waals surface area contributed by atoms with Gasteiger partial charge in [0.1, 0.15) is 5.75 Å². The van der Waals surface area contributed by atoms with Crippen LogP contribution in [0.4, 0.5) is 0 Å². The van der Waals surface area contributed by atoms with E-state index in [0.717, 1.165) is 12.0 Å². The molecule has 2 aromatic rings. The van der Waals surface area contributed by atoms with E-state index in [-0.39, 0.29) is 12.5 Å². The molecule has 0 radical (unpaired) electrons. The third kappa shape index (κ3) is 4.28. The van der Waals surface area contributed by atoms with Crippen molar-refractivity contribution in [3.63, 3.8) is 0 Å². The van der Waals surface area contributed by atoms with Crippen molar-refractivity contribution in [3.8, 4) is 5.75 Å². The number of aryl methyl sites for hydroxylation is 1. The molecule has 104 valence electrons. The van der Waals surface area contributed by atoms with Gasteiger partial charge in [-0.25, -0.2) is 5.43 Å². The number of hydrogen-bond donors (Lipinski definition) is 1. The molecule has 20 heavy (non-hydrogen) atoms. The van der Waals surface area contributed by atoms with E-state index in [9.17, 15) is 4.79 Å². The van der Waals surface area contributed by atoms with Crippen molar-refractivity contribution in [3.05, 3.63) is 54.0 Å². The molecule has 0 fully saturated rings. The number of carbonyl (C=O) groups excluding carboxylic acids is 1. The lowest BCUT2D eigenvalue weighted by atomic mass is 10.2. The number of hydrogen-bond acceptors (Lipinski definition) is 4. The van der Waals surface area contributed by atoms with Gasteiger partial charge in [-0.15, -0.1) is 0 Å². The zero-order valence-corrected chi connectivity index (χ0v) is 11.2. The van der Waals surface area contributed by atoms with Crippen molar-refractivity contribution < 1.29 is 13.9 Å². The Morgan fingerprint density at radius 2 is 2.15 bits per heavy atom. The maximum atomic E-state index is 11.5. The third-order valence-electron chi connectivity index (χ3n) is 2.65. The predicted molar refractivity (Wildman–Crippen MR) is 75.8 cm³/mol. The molecule has 1 amide bonds. The molecule has 0 spiro atoms. The van der Waals surface area contributed by atoms with Gasteiger partial charge in [0.2, 0.25) is 0 Å². The molecule has 0 atom stereocenters. The standard InChI is InChI=1S/C15H16N2O3/c1-2-12-3-5-14(6-4-12)20-11-15(18)17-16-9-13-7-8-19-10-13/h3-10H,2,11H2,1H3,(H,17,18)/b16-9+. The van der Waals surface area contributed by atoms with Gasteiger partial charge in [0, 0.05) is 5.56 Å². The summed E-state index contributed by atoms with van der Waals surface area (Å²) in [6, 6.07) is 9.39. The van der Waals surface area contributed by atoms with E-state index < -0.39 is 0 Å². The highest BCUT2D eigenvalue weighted by atomic mass is 16.5. The number of rotatable bonds is 6. The lowest BCUT2D eigenvalue weighted by molar-refractivity contribution is -0.123. The van der Waals surface area contributed by atoms with Crippen LogP contribution in [0, 0.1) is 0 Å². The van der Waals surface area contributed by atoms with Gasteiger partial charge in [-0.1, -0.05) is 19.1 Å². The van der Waals surface area contributed by atoms with Crippen molar-refractivity contribution in [2.24, 2.45) is 5.10 Å². The van der Waals surface area contributed by atoms with Crippen molar-refractivity contribution in [1.82, 2.24) is 5.43 Å². The van der Waals surface area contributed by atoms with Gasteiger partial charge >= 0.3 is 0 Å². The summed E-state index contributed by atoms with van der Waals surface area (Å²) >= 11 is 0. The molecular formula is C15H16N2O3. The average molecular weight is 272 g/mol. The predicted octanol–water partition coefficient (Wildman–Crippen LogP) is 2.37. The molecule has 0 saturated heterocycles. The van der Waals surface area contributed by atoms with E-state index in [0.29, 0.717) is 5.75 Å². The van der Waals surface area contributed by atoms with Crippen LogP contribution in [-0.4, -0.2) is 18.7 Å². The Bertz CT molecular complexity index is 559. The van der Waals surface area contributed by atoms with Crippen LogP contribution in [-0.2, 0) is 11.2 Å². The lowest BCUT2D eigenvalue weighted by Crippen LogP contribution is -2.24. The summed E-state index contributed by atoms with van der Waals surface area (Å²) in [5.74, 6) is 0.348. The first-order chi connectivity index (χ1) is 9.78. The lowest BCUT2D eigenvalue weighted by Gasteiger charge is -2.05. The Morgan fingerprint density at radius 3 is 2.80 bits per heavy atom. The number of benzene rings is 1. The molecule has 1 aromatic carbocycles. The van der Waals surface area contributed by atoms with Gasteiger partial charge < -0.3 is 9.15 Å². The Balaban J connectivity index is 1.74. The fourth-order valence-corrected chi connectivity index (χ4v) is 1.53. The summed E-state index contributed by atoms with van der Waals surface area (Å²) in [7, 11) is 0. The zero-order valence-electron chi connectivity index (χ0n) is 11.2. The highest BCUT2D eigenvalue weighted by molar-refractivity contribution is 5.82. The first-order valence-electron chi connectivity index (χ1n) is 6.34. The minimum atomic E-state index is -0.315. The molecule has 0 aliphatic carbocycles. The number of hydrazone groups is 1. The highest BCUT2D eigenvalue weighted by Gasteiger charge is 2.01. The molecule has 0 bridgehead atoms. The van der Waals surface area contributed by atoms with Gasteiger partial charge in [-0.2, -0.15) is 5.10 Å². The summed E-state index contributed by atoms with van der Waals surface area (Å²) < 4.78 is 10.2. The van der Waals surface area contributed by atoms with Crippen LogP contribution in [0.5, 0.6) is 5.75 Å². The minimum Gasteiger partial charge on any atom is -0.484 e. The van der Waals surface area contributed by atoms with Crippen LogP contribution in [0.3, 0.4) is 0 Å². The van der Waals surface area contributed by atoms with E-state index in [1.54, 1.807) is 6.07 Å². The topological polar surface area (TPSA) is 63.8 Å². The largest absolute Gasteiger partial charge is 0.484 e. The van der Waals surface area contributed by atoms with Gasteiger partial charge in [0.25, 0.3) is 5.91 Å². The number of nitrogens with one attached hydrogen (secondary N) is 1. The van der Waals surface area contributed by atoms with Crippen molar-refractivity contribution >= 4 is 12.1 Å². The smallest absolute Gasteiger partial charge is 0.277 e. The molecule has 0 unspecified atom stereocenters. The summed E-state index contributed by atoms with van der Waals surface area (Å²) in [6.07, 6.45) is 5.54. The van der Waals surface area contributed by atoms with E-state index in [1.165, 1.54) is 24.3 Å². The van der Waals surface area contributed by atoms with Crippen molar-refractivity contribution in [2.75, 3.05) is 6.61 Å². The maximum Gasteiger partial charge on any atom is 0.277 e. The second-order valence-electron chi connectivity index (χ2n) is 4.14. The molecule has 0 aliphatic heterocycles. The number of furan rings is 1. The molecule has 1 heterocycles. The van der Waals surface area contributed by atoms with Crippen molar-refractivity contribution in [1.29, 1.82) is 0 Å². The fraction of sp³-hybridized carbons (Fsp3) is 0.200. The van der Waals surface area contributed by atoms with E-state index >= 15 is 0 Å². The normalized spacial score (nSPS) is 10.7. The molecule has 0 aliphatic rings. The number of nitrogens with zero attached hydrogens (tertiary/aromatic N) is 1. The fourth-order valence-electron chi connectivity index (χ4n) is 1.53. The monoisotopic (exact) mass is 272 g/mol. The Morgan fingerprint density at radius 1 is 1.35 bits per heavy atom. The van der Waals surface area contributed by atoms with E-state index in [2.05, 4.69) is 17.5 Å². The maximum absolute atomic E-state index is 11.5. The summed E-state index contributed by atoms with van der Waals surface area (Å²) in [5, 5.41) is 3.79. The first kappa shape index (κ1) is 13.9. The Kier molecular flexibility index (Phi) is 4.94. The average Bonchev–Trinajstić information content (AvgIpc) is 2.99. The van der Waals surface area contributed by atoms with Crippen LogP contribution in [0.1, 0.15) is 18.1 Å². The highest BCUT2D eigenvalue weighted by Crippen LogP contribution is 2.12. The van der Waals surface area contributed by atoms with E-state index in [1.807, 2.05) is 24.3 Å². The molecular weight excluding hydrogens is 256 g/mol. The molecule has 5 nitrogen and oxygen atoms in total. The second kappa shape index (κ2) is 7.13. The van der Waals surface area contributed by atoms with Gasteiger partial charge in [-0.3, -0.25) is 4.79 Å². The van der Waals surface area contributed by atoms with Crippen LogP contribution < -0.4 is 10.2 Å². The minimum absolute atomic E-state index is 0.0752. The summed E-state index contributed by atoms with van der Waals surface area (Å²) in [6.45, 7) is 2.01. The zero-order chi connectivity index (χ0) is 14.2. The third-order valence-corrected chi connectivity index (χ3v) is 2.65. The SMILES string of the molecule is CCc1ccc(OCC(=O)N/N=C/c2ccoc2)cc1. The second-order valence-corrected chi connectivity index (χ2v) is 4.14. The van der Waals surface area contributed by atoms with Crippen LogP contribution in [0.2, 0.25) is 0 Å². The van der Waals surface area contributed by atoms with Gasteiger partial charge in [0.15, 0.2) is 6.61 Å². The molecule has 1 N–H and O–H groups in total. The van der Waals surface area contributed by atoms with Crippen LogP contribution in [0.25, 0.3) is 0 Å². The molecule has 1 aromatic heterocycles. The van der Waals surface area contributed by atoms with Crippen LogP contribution >= 0.6 is 0 Å². The van der Waals surface area contributed by atoms with Gasteiger partial charge in [-0.05, 0) is 30.2 Å². The first-order valence-corrected chi connectivity index (χ1v) is 6.34. The Hall–Kier alpha value is -2.56. The molecule has 2 rings (SSSR count). The molecule has 5 heteroatoms. The number of amides is 1. The summed E-state index contributed by atoms with van der Waals surface area (Å²) in [5.41, 5.74) is 4.38. The van der Waals surface area contributed by atoms with Crippen LogP contribution in [0.15, 0.2) is 52.4 Å². The quantitative estimate of drug-likeness (QED) is 0.648. The Labute approximate surface area is 117 Å². The van der Waals surface area contributed by atoms with E-state index in [4.69, 9.17) is 9.15 Å².